The topological polar surface area (TPSA) is 41.6 Å². The number of benzene rings is 2. The lowest BCUT2D eigenvalue weighted by atomic mass is 10.2. The molecule has 4 nitrogen and oxygen atoms in total. The molecule has 0 saturated carbocycles. The molecule has 0 bridgehead atoms. The lowest BCUT2D eigenvalue weighted by Gasteiger charge is -2.31. The summed E-state index contributed by atoms with van der Waals surface area (Å²) < 4.78 is 4.55. The van der Waals surface area contributed by atoms with Gasteiger partial charge in [0.25, 0.3) is 6.47 Å². The number of carbonyl (C=O) groups is 1. The SMILES string of the molecule is CC(C)(C)OC=O.Cc1ccc(Sc2ccccc2N2CCNCC2)cc1. The number of para-hydroxylation sites is 1. The molecule has 1 aliphatic rings. The molecule has 27 heavy (non-hydrogen) atoms. The summed E-state index contributed by atoms with van der Waals surface area (Å²) in [5.41, 5.74) is 2.35. The molecular formula is C22H30N2O2S. The van der Waals surface area contributed by atoms with Gasteiger partial charge >= 0.3 is 0 Å². The molecule has 0 radical (unpaired) electrons. The molecule has 2 aromatic rings. The van der Waals surface area contributed by atoms with Crippen LogP contribution in [0.5, 0.6) is 0 Å². The third kappa shape index (κ3) is 7.65. The highest BCUT2D eigenvalue weighted by molar-refractivity contribution is 7.99. The summed E-state index contributed by atoms with van der Waals surface area (Å²) in [6, 6.07) is 17.5. The highest BCUT2D eigenvalue weighted by atomic mass is 32.2. The maximum atomic E-state index is 9.60. The van der Waals surface area contributed by atoms with Crippen LogP contribution in [0.25, 0.3) is 0 Å². The predicted octanol–water partition coefficient (Wildman–Crippen LogP) is 4.51. The molecule has 0 spiro atoms. The fraction of sp³-hybridized carbons (Fsp3) is 0.409. The molecule has 5 heteroatoms. The average Bonchev–Trinajstić information content (AvgIpc) is 2.64. The molecule has 1 N–H and O–H groups in total. The Kier molecular flexibility index (Phi) is 8.20. The Balaban J connectivity index is 0.000000321. The fourth-order valence-corrected chi connectivity index (χ4v) is 3.56. The first-order chi connectivity index (χ1) is 12.9. The molecule has 146 valence electrons. The number of hydrogen-bond donors (Lipinski definition) is 1. The van der Waals surface area contributed by atoms with Gasteiger partial charge in [0, 0.05) is 36.0 Å². The van der Waals surface area contributed by atoms with E-state index in [0.29, 0.717) is 6.47 Å². The van der Waals surface area contributed by atoms with Crippen molar-refractivity contribution < 1.29 is 9.53 Å². The monoisotopic (exact) mass is 386 g/mol. The van der Waals surface area contributed by atoms with Crippen molar-refractivity contribution in [3.8, 4) is 0 Å². The molecule has 0 unspecified atom stereocenters. The van der Waals surface area contributed by atoms with E-state index >= 15 is 0 Å². The number of aryl methyl sites for hydroxylation is 1. The number of hydrogen-bond acceptors (Lipinski definition) is 5. The maximum absolute atomic E-state index is 9.60. The van der Waals surface area contributed by atoms with E-state index in [1.165, 1.54) is 21.0 Å². The molecule has 0 aliphatic carbocycles. The van der Waals surface area contributed by atoms with Gasteiger partial charge in [-0.1, -0.05) is 41.6 Å². The summed E-state index contributed by atoms with van der Waals surface area (Å²) in [6.07, 6.45) is 0. The van der Waals surface area contributed by atoms with E-state index in [-0.39, 0.29) is 5.60 Å². The normalized spacial score (nSPS) is 14.1. The van der Waals surface area contributed by atoms with Crippen LogP contribution in [0.2, 0.25) is 0 Å². The lowest BCUT2D eigenvalue weighted by molar-refractivity contribution is -0.138. The van der Waals surface area contributed by atoms with Gasteiger partial charge in [0.1, 0.15) is 5.60 Å². The van der Waals surface area contributed by atoms with Crippen molar-refractivity contribution in [3.63, 3.8) is 0 Å². The van der Waals surface area contributed by atoms with E-state index in [1.807, 2.05) is 32.5 Å². The van der Waals surface area contributed by atoms with Crippen molar-refractivity contribution >= 4 is 23.9 Å². The van der Waals surface area contributed by atoms with Gasteiger partial charge in [-0.25, -0.2) is 0 Å². The second-order valence-electron chi connectivity index (χ2n) is 7.45. The van der Waals surface area contributed by atoms with Crippen LogP contribution < -0.4 is 10.2 Å². The highest BCUT2D eigenvalue weighted by Gasteiger charge is 2.14. The van der Waals surface area contributed by atoms with Crippen molar-refractivity contribution in [2.75, 3.05) is 31.1 Å². The van der Waals surface area contributed by atoms with E-state index in [1.54, 1.807) is 0 Å². The first kappa shape index (κ1) is 21.3. The van der Waals surface area contributed by atoms with Crippen molar-refractivity contribution in [3.05, 3.63) is 54.1 Å². The minimum absolute atomic E-state index is 0.318. The number of carbonyl (C=O) groups excluding carboxylic acids is 1. The van der Waals surface area contributed by atoms with E-state index in [9.17, 15) is 4.79 Å². The van der Waals surface area contributed by atoms with Crippen LogP contribution in [-0.4, -0.2) is 38.3 Å². The Morgan fingerprint density at radius 2 is 1.67 bits per heavy atom. The summed E-state index contributed by atoms with van der Waals surface area (Å²) in [4.78, 5) is 14.7. The molecule has 1 fully saturated rings. The van der Waals surface area contributed by atoms with Gasteiger partial charge in [-0.05, 0) is 52.0 Å². The van der Waals surface area contributed by atoms with Crippen molar-refractivity contribution in [1.29, 1.82) is 0 Å². The third-order valence-electron chi connectivity index (χ3n) is 3.97. The summed E-state index contributed by atoms with van der Waals surface area (Å²) >= 11 is 1.85. The van der Waals surface area contributed by atoms with Crippen LogP contribution in [0.1, 0.15) is 26.3 Å². The van der Waals surface area contributed by atoms with Gasteiger partial charge in [0.2, 0.25) is 0 Å². The molecule has 1 aliphatic heterocycles. The third-order valence-corrected chi connectivity index (χ3v) is 5.05. The predicted molar refractivity (Wildman–Crippen MR) is 114 cm³/mol. The molecule has 0 amide bonds. The first-order valence-corrected chi connectivity index (χ1v) is 10.1. The molecule has 3 rings (SSSR count). The van der Waals surface area contributed by atoms with Crippen molar-refractivity contribution in [1.82, 2.24) is 5.32 Å². The van der Waals surface area contributed by atoms with Crippen molar-refractivity contribution in [2.45, 2.75) is 43.1 Å². The van der Waals surface area contributed by atoms with Crippen LogP contribution in [0.4, 0.5) is 5.69 Å². The van der Waals surface area contributed by atoms with Crippen LogP contribution in [0.3, 0.4) is 0 Å². The number of anilines is 1. The molecule has 0 aromatic heterocycles. The van der Waals surface area contributed by atoms with Crippen LogP contribution in [0, 0.1) is 6.92 Å². The largest absolute Gasteiger partial charge is 0.462 e. The molecule has 2 aromatic carbocycles. The summed E-state index contributed by atoms with van der Waals surface area (Å²) in [7, 11) is 0. The minimum Gasteiger partial charge on any atom is -0.462 e. The Labute approximate surface area is 167 Å². The standard InChI is InChI=1S/C17H20N2S.C5H10O2/c1-14-6-8-15(9-7-14)20-17-5-3-2-4-16(17)19-12-10-18-11-13-19;1-5(2,3)7-4-6/h2-9,18H,10-13H2,1H3;4H,1-3H3. The Hall–Kier alpha value is -1.98. The van der Waals surface area contributed by atoms with Gasteiger partial charge in [-0.2, -0.15) is 0 Å². The van der Waals surface area contributed by atoms with Crippen molar-refractivity contribution in [2.24, 2.45) is 0 Å². The summed E-state index contributed by atoms with van der Waals surface area (Å²) in [6.45, 7) is 12.4. The quantitative estimate of drug-likeness (QED) is 0.783. The second-order valence-corrected chi connectivity index (χ2v) is 8.56. The zero-order valence-electron chi connectivity index (χ0n) is 16.7. The van der Waals surface area contributed by atoms with Crippen LogP contribution >= 0.6 is 11.8 Å². The van der Waals surface area contributed by atoms with Crippen LogP contribution in [-0.2, 0) is 9.53 Å². The van der Waals surface area contributed by atoms with Gasteiger partial charge in [-0.3, -0.25) is 4.79 Å². The first-order valence-electron chi connectivity index (χ1n) is 9.30. The highest BCUT2D eigenvalue weighted by Crippen LogP contribution is 2.35. The number of nitrogens with one attached hydrogen (secondary N) is 1. The Bertz CT molecular complexity index is 705. The lowest BCUT2D eigenvalue weighted by Crippen LogP contribution is -2.43. The molecule has 1 saturated heterocycles. The average molecular weight is 387 g/mol. The van der Waals surface area contributed by atoms with Gasteiger partial charge < -0.3 is 15.0 Å². The van der Waals surface area contributed by atoms with E-state index in [0.717, 1.165) is 26.2 Å². The zero-order valence-corrected chi connectivity index (χ0v) is 17.5. The second kappa shape index (κ2) is 10.4. The zero-order chi connectivity index (χ0) is 19.7. The smallest absolute Gasteiger partial charge is 0.293 e. The minimum atomic E-state index is -0.318. The Morgan fingerprint density at radius 3 is 2.22 bits per heavy atom. The molecule has 1 heterocycles. The number of rotatable bonds is 4. The van der Waals surface area contributed by atoms with Crippen LogP contribution in [0.15, 0.2) is 58.3 Å². The number of piperazine rings is 1. The van der Waals surface area contributed by atoms with Gasteiger partial charge in [0.15, 0.2) is 0 Å². The van der Waals surface area contributed by atoms with E-state index < -0.39 is 0 Å². The summed E-state index contributed by atoms with van der Waals surface area (Å²) in [5.74, 6) is 0. The Morgan fingerprint density at radius 1 is 1.04 bits per heavy atom. The van der Waals surface area contributed by atoms with E-state index in [2.05, 4.69) is 70.4 Å². The summed E-state index contributed by atoms with van der Waals surface area (Å²) in [5, 5.41) is 3.41. The molecular weight excluding hydrogens is 356 g/mol. The molecule has 0 atom stereocenters. The number of ether oxygens (including phenoxy) is 1. The maximum Gasteiger partial charge on any atom is 0.293 e. The fourth-order valence-electron chi connectivity index (χ4n) is 2.59. The number of nitrogens with zero attached hydrogens (tertiary/aromatic N) is 1. The van der Waals surface area contributed by atoms with Gasteiger partial charge in [0.05, 0.1) is 5.69 Å². The van der Waals surface area contributed by atoms with Gasteiger partial charge in [-0.15, -0.1) is 0 Å². The van der Waals surface area contributed by atoms with E-state index in [4.69, 9.17) is 0 Å².